The fourth-order valence-corrected chi connectivity index (χ4v) is 2.77. The van der Waals surface area contributed by atoms with Crippen molar-refractivity contribution in [2.24, 2.45) is 0 Å². The second-order valence-corrected chi connectivity index (χ2v) is 5.72. The third-order valence-electron chi connectivity index (χ3n) is 3.73. The second-order valence-electron chi connectivity index (χ2n) is 5.31. The van der Waals surface area contributed by atoms with Gasteiger partial charge in [-0.15, -0.1) is 0 Å². The largest absolute Gasteiger partial charge is 0.495 e. The van der Waals surface area contributed by atoms with Crippen molar-refractivity contribution >= 4 is 34.1 Å². The van der Waals surface area contributed by atoms with Crippen molar-refractivity contribution in [2.45, 2.75) is 6.42 Å². The molecule has 0 saturated heterocycles. The summed E-state index contributed by atoms with van der Waals surface area (Å²) in [7, 11) is 3.04. The maximum Gasteiger partial charge on any atom is 0.228 e. The van der Waals surface area contributed by atoms with E-state index in [0.29, 0.717) is 22.2 Å². The molecule has 0 fully saturated rings. The van der Waals surface area contributed by atoms with E-state index in [-0.39, 0.29) is 12.3 Å². The Morgan fingerprint density at radius 2 is 1.92 bits per heavy atom. The Morgan fingerprint density at radius 3 is 2.67 bits per heavy atom. The molecule has 5 nitrogen and oxygen atoms in total. The lowest BCUT2D eigenvalue weighted by molar-refractivity contribution is -0.115. The van der Waals surface area contributed by atoms with Crippen LogP contribution in [0, 0.1) is 0 Å². The van der Waals surface area contributed by atoms with Gasteiger partial charge in [0.05, 0.1) is 31.4 Å². The van der Waals surface area contributed by atoms with Crippen LogP contribution in [0.4, 0.5) is 5.69 Å². The van der Waals surface area contributed by atoms with Crippen LogP contribution in [0.15, 0.2) is 42.6 Å². The van der Waals surface area contributed by atoms with E-state index in [4.69, 9.17) is 21.1 Å². The van der Waals surface area contributed by atoms with Gasteiger partial charge in [0.25, 0.3) is 0 Å². The molecule has 1 aromatic heterocycles. The van der Waals surface area contributed by atoms with E-state index in [1.165, 1.54) is 14.2 Å². The molecule has 0 spiro atoms. The van der Waals surface area contributed by atoms with Gasteiger partial charge in [0, 0.05) is 23.8 Å². The second kappa shape index (κ2) is 6.84. The first kappa shape index (κ1) is 16.2. The van der Waals surface area contributed by atoms with E-state index < -0.39 is 0 Å². The smallest absolute Gasteiger partial charge is 0.228 e. The zero-order chi connectivity index (χ0) is 17.1. The van der Waals surface area contributed by atoms with Crippen LogP contribution in [0.1, 0.15) is 5.56 Å². The predicted octanol–water partition coefficient (Wildman–Crippen LogP) is 4.02. The normalized spacial score (nSPS) is 10.6. The minimum atomic E-state index is -0.149. The Hall–Kier alpha value is -2.66. The lowest BCUT2D eigenvalue weighted by Gasteiger charge is -2.13. The lowest BCUT2D eigenvalue weighted by Crippen LogP contribution is -2.15. The van der Waals surface area contributed by atoms with Gasteiger partial charge in [-0.05, 0) is 23.1 Å². The summed E-state index contributed by atoms with van der Waals surface area (Å²) in [6.07, 6.45) is 2.13. The van der Waals surface area contributed by atoms with Gasteiger partial charge in [0.1, 0.15) is 11.5 Å². The summed E-state index contributed by atoms with van der Waals surface area (Å²) < 4.78 is 10.4. The SMILES string of the molecule is COc1cc(NC(=O)Cc2ccc3cc[nH]c3c2)c(OC)cc1Cl. The number of fused-ring (bicyclic) bond motifs is 1. The first-order chi connectivity index (χ1) is 11.6. The van der Waals surface area contributed by atoms with Crippen LogP contribution < -0.4 is 14.8 Å². The molecule has 0 aliphatic carbocycles. The Morgan fingerprint density at radius 1 is 1.12 bits per heavy atom. The first-order valence-electron chi connectivity index (χ1n) is 7.38. The first-order valence-corrected chi connectivity index (χ1v) is 7.76. The van der Waals surface area contributed by atoms with Crippen LogP contribution >= 0.6 is 11.6 Å². The molecule has 0 aliphatic rings. The summed E-state index contributed by atoms with van der Waals surface area (Å²) >= 11 is 6.07. The van der Waals surface area contributed by atoms with Crippen molar-refractivity contribution in [2.75, 3.05) is 19.5 Å². The number of H-pyrrole nitrogens is 1. The van der Waals surface area contributed by atoms with E-state index in [9.17, 15) is 4.79 Å². The average molecular weight is 345 g/mol. The summed E-state index contributed by atoms with van der Waals surface area (Å²) in [5.41, 5.74) is 2.44. The van der Waals surface area contributed by atoms with E-state index in [1.54, 1.807) is 12.1 Å². The molecule has 2 aromatic carbocycles. The minimum Gasteiger partial charge on any atom is -0.495 e. The zero-order valence-corrected chi connectivity index (χ0v) is 14.1. The van der Waals surface area contributed by atoms with Crippen molar-refractivity contribution in [3.8, 4) is 11.5 Å². The number of carbonyl (C=O) groups is 1. The number of methoxy groups -OCH3 is 2. The van der Waals surface area contributed by atoms with Crippen LogP contribution in [-0.4, -0.2) is 25.1 Å². The predicted molar refractivity (Wildman–Crippen MR) is 95.2 cm³/mol. The van der Waals surface area contributed by atoms with Crippen molar-refractivity contribution in [3.63, 3.8) is 0 Å². The average Bonchev–Trinajstić information content (AvgIpc) is 3.03. The molecule has 3 aromatic rings. The quantitative estimate of drug-likeness (QED) is 0.734. The number of rotatable bonds is 5. The number of hydrogen-bond donors (Lipinski definition) is 2. The molecule has 0 unspecified atom stereocenters. The molecule has 2 N–H and O–H groups in total. The Balaban J connectivity index is 1.78. The number of anilines is 1. The molecule has 0 atom stereocenters. The number of aromatic amines is 1. The third kappa shape index (κ3) is 3.31. The van der Waals surface area contributed by atoms with Crippen molar-refractivity contribution in [1.29, 1.82) is 0 Å². The standard InChI is InChI=1S/C18H17ClN2O3/c1-23-16-10-15(17(24-2)9-13(16)19)21-18(22)8-11-3-4-12-5-6-20-14(12)7-11/h3-7,9-10,20H,8H2,1-2H3,(H,21,22). The van der Waals surface area contributed by atoms with Crippen molar-refractivity contribution in [1.82, 2.24) is 4.98 Å². The Labute approximate surface area is 144 Å². The van der Waals surface area contributed by atoms with Gasteiger partial charge in [0.2, 0.25) is 5.91 Å². The Kier molecular flexibility index (Phi) is 4.62. The van der Waals surface area contributed by atoms with Gasteiger partial charge in [-0.25, -0.2) is 0 Å². The monoisotopic (exact) mass is 344 g/mol. The molecule has 6 heteroatoms. The number of ether oxygens (including phenoxy) is 2. The summed E-state index contributed by atoms with van der Waals surface area (Å²) in [6.45, 7) is 0. The molecular formula is C18H17ClN2O3. The van der Waals surface area contributed by atoms with Crippen LogP contribution in [0.5, 0.6) is 11.5 Å². The maximum absolute atomic E-state index is 12.4. The number of aromatic nitrogens is 1. The molecular weight excluding hydrogens is 328 g/mol. The van der Waals surface area contributed by atoms with Crippen LogP contribution in [-0.2, 0) is 11.2 Å². The van der Waals surface area contributed by atoms with E-state index in [1.807, 2.05) is 30.5 Å². The zero-order valence-electron chi connectivity index (χ0n) is 13.4. The van der Waals surface area contributed by atoms with Crippen molar-refractivity contribution < 1.29 is 14.3 Å². The van der Waals surface area contributed by atoms with Gasteiger partial charge in [0.15, 0.2) is 0 Å². The fraction of sp³-hybridized carbons (Fsp3) is 0.167. The highest BCUT2D eigenvalue weighted by atomic mass is 35.5. The van der Waals surface area contributed by atoms with E-state index in [0.717, 1.165) is 16.5 Å². The number of nitrogens with one attached hydrogen (secondary N) is 2. The topological polar surface area (TPSA) is 63.3 Å². The van der Waals surface area contributed by atoms with Gasteiger partial charge >= 0.3 is 0 Å². The Bertz CT molecular complexity index is 889. The van der Waals surface area contributed by atoms with Crippen LogP contribution in [0.3, 0.4) is 0 Å². The molecule has 0 saturated carbocycles. The molecule has 1 heterocycles. The molecule has 3 rings (SSSR count). The summed E-state index contributed by atoms with van der Waals surface area (Å²) in [5.74, 6) is 0.804. The molecule has 0 radical (unpaired) electrons. The van der Waals surface area contributed by atoms with Crippen LogP contribution in [0.25, 0.3) is 10.9 Å². The molecule has 1 amide bonds. The molecule has 24 heavy (non-hydrogen) atoms. The van der Waals surface area contributed by atoms with E-state index >= 15 is 0 Å². The molecule has 124 valence electrons. The summed E-state index contributed by atoms with van der Waals surface area (Å²) in [6, 6.07) is 11.1. The molecule has 0 bridgehead atoms. The highest BCUT2D eigenvalue weighted by Crippen LogP contribution is 2.35. The minimum absolute atomic E-state index is 0.149. The maximum atomic E-state index is 12.4. The van der Waals surface area contributed by atoms with Crippen molar-refractivity contribution in [3.05, 3.63) is 53.2 Å². The highest BCUT2D eigenvalue weighted by Gasteiger charge is 2.13. The molecule has 0 aliphatic heterocycles. The van der Waals surface area contributed by atoms with Gasteiger partial charge in [-0.2, -0.15) is 0 Å². The number of carbonyl (C=O) groups excluding carboxylic acids is 1. The number of halogens is 1. The fourth-order valence-electron chi connectivity index (χ4n) is 2.54. The van der Waals surface area contributed by atoms with Gasteiger partial charge in [-0.3, -0.25) is 4.79 Å². The third-order valence-corrected chi connectivity index (χ3v) is 4.03. The summed E-state index contributed by atoms with van der Waals surface area (Å²) in [4.78, 5) is 15.5. The van der Waals surface area contributed by atoms with E-state index in [2.05, 4.69) is 10.3 Å². The van der Waals surface area contributed by atoms with Gasteiger partial charge in [-0.1, -0.05) is 23.7 Å². The highest BCUT2D eigenvalue weighted by molar-refractivity contribution is 6.32. The number of benzene rings is 2. The van der Waals surface area contributed by atoms with Crippen LogP contribution in [0.2, 0.25) is 5.02 Å². The number of amides is 1. The van der Waals surface area contributed by atoms with Gasteiger partial charge < -0.3 is 19.8 Å². The number of hydrogen-bond acceptors (Lipinski definition) is 3. The lowest BCUT2D eigenvalue weighted by atomic mass is 10.1. The summed E-state index contributed by atoms with van der Waals surface area (Å²) in [5, 5.41) is 4.38.